The number of carbonyl (C=O) groups excluding carboxylic acids is 5. The summed E-state index contributed by atoms with van der Waals surface area (Å²) < 4.78 is 2.37. The number of aromatic nitrogens is 4. The number of nitrogens with one attached hydrogen (secondary N) is 5. The molecule has 1 unspecified atom stereocenters. The highest BCUT2D eigenvalue weighted by molar-refractivity contribution is 7.17. The topological polar surface area (TPSA) is 200 Å². The second kappa shape index (κ2) is 16.4. The molecule has 0 bridgehead atoms. The maximum Gasteiger partial charge on any atom is 0.315 e. The minimum atomic E-state index is -0.890. The van der Waals surface area contributed by atoms with E-state index < -0.39 is 41.1 Å². The normalized spacial score (nSPS) is 19.6. The van der Waals surface area contributed by atoms with Gasteiger partial charge < -0.3 is 31.2 Å². The fourth-order valence-electron chi connectivity index (χ4n) is 6.94. The number of rotatable bonds is 12. The van der Waals surface area contributed by atoms with Gasteiger partial charge in [0.15, 0.2) is 5.82 Å². The molecule has 292 valence electrons. The number of nitrogens with zero attached hydrogens (tertiary/aromatic N) is 4. The molecule has 16 heteroatoms. The summed E-state index contributed by atoms with van der Waals surface area (Å²) in [6, 6.07) is -0.909. The van der Waals surface area contributed by atoms with Crippen LogP contribution in [0.3, 0.4) is 0 Å². The summed E-state index contributed by atoms with van der Waals surface area (Å²) >= 11 is 1.40. The van der Waals surface area contributed by atoms with Gasteiger partial charge in [0.1, 0.15) is 22.5 Å². The molecule has 3 atom stereocenters. The van der Waals surface area contributed by atoms with Gasteiger partial charge in [0.05, 0.1) is 17.8 Å². The number of aryl methyl sites for hydroxylation is 2. The van der Waals surface area contributed by atoms with E-state index in [0.29, 0.717) is 54.7 Å². The molecule has 0 spiro atoms. The average molecular weight is 764 g/mol. The van der Waals surface area contributed by atoms with Gasteiger partial charge >= 0.3 is 6.03 Å². The van der Waals surface area contributed by atoms with Crippen LogP contribution in [0.4, 0.5) is 4.79 Å². The lowest BCUT2D eigenvalue weighted by Gasteiger charge is -2.36. The fraction of sp³-hybridized carbons (Fsp3) is 0.632. The van der Waals surface area contributed by atoms with Crippen molar-refractivity contribution >= 4 is 51.1 Å². The van der Waals surface area contributed by atoms with Gasteiger partial charge in [0, 0.05) is 26.2 Å². The third kappa shape index (κ3) is 9.54. The molecule has 5 amide bonds. The lowest BCUT2D eigenvalue weighted by molar-refractivity contribution is -0.144. The largest absolute Gasteiger partial charge is 0.347 e. The molecule has 54 heavy (non-hydrogen) atoms. The van der Waals surface area contributed by atoms with E-state index in [0.717, 1.165) is 61.7 Å². The second-order valence-electron chi connectivity index (χ2n) is 16.3. The monoisotopic (exact) mass is 763 g/mol. The summed E-state index contributed by atoms with van der Waals surface area (Å²) in [5.41, 5.74) is 1.90. The van der Waals surface area contributed by atoms with Crippen LogP contribution in [0.15, 0.2) is 22.4 Å². The minimum absolute atomic E-state index is 0.0581. The summed E-state index contributed by atoms with van der Waals surface area (Å²) in [5.74, 6) is -0.562. The Labute approximate surface area is 318 Å². The molecule has 3 saturated carbocycles. The van der Waals surface area contributed by atoms with Crippen LogP contribution in [-0.4, -0.2) is 91.4 Å². The third-order valence-corrected chi connectivity index (χ3v) is 11.6. The van der Waals surface area contributed by atoms with Gasteiger partial charge in [-0.25, -0.2) is 9.78 Å². The van der Waals surface area contributed by atoms with E-state index in [1.54, 1.807) is 10.9 Å². The van der Waals surface area contributed by atoms with Crippen molar-refractivity contribution in [2.45, 2.75) is 116 Å². The van der Waals surface area contributed by atoms with E-state index in [-0.39, 0.29) is 23.5 Å². The van der Waals surface area contributed by atoms with E-state index in [9.17, 15) is 28.8 Å². The smallest absolute Gasteiger partial charge is 0.315 e. The number of urea groups is 1. The van der Waals surface area contributed by atoms with Crippen molar-refractivity contribution in [3.8, 4) is 11.5 Å². The Morgan fingerprint density at radius 2 is 1.74 bits per heavy atom. The standard InChI is InChI=1S/C27H43N5O5.C11H10N4OS/c1-27(2,3)22(31-26(37)28-15-17-9-10-17)25(36)32-13-5-8-20(32)23(34)30-19(14-16-6-4-7-16)21(33)24(35)29-18-11-12-18;1-6-5-12-15(2)8(6)10-13-7-3-4-17-9(7)11(16)14-10/h16-20,22H,4-15H2,1-3H3,(H,29,35)(H,30,34)(H2,28,31,37);3-5H,1-2H3,(H,13,14,16)/t19-,20?,22+;/m0./s1. The molecule has 3 aliphatic carbocycles. The number of Topliss-reactive ketones (excluding diaryl/α,β-unsaturated/α-hetero) is 1. The summed E-state index contributed by atoms with van der Waals surface area (Å²) in [5, 5.41) is 17.3. The van der Waals surface area contributed by atoms with Crippen LogP contribution in [0.25, 0.3) is 21.7 Å². The summed E-state index contributed by atoms with van der Waals surface area (Å²) in [7, 11) is 1.83. The molecule has 3 aromatic rings. The molecule has 1 saturated heterocycles. The first kappa shape index (κ1) is 39.1. The van der Waals surface area contributed by atoms with Crippen LogP contribution in [0.2, 0.25) is 0 Å². The predicted octanol–water partition coefficient (Wildman–Crippen LogP) is 3.32. The molecule has 1 aliphatic heterocycles. The minimum Gasteiger partial charge on any atom is -0.347 e. The third-order valence-electron chi connectivity index (χ3n) is 10.7. The summed E-state index contributed by atoms with van der Waals surface area (Å²) in [6.07, 6.45) is 10.4. The zero-order chi connectivity index (χ0) is 38.7. The molecule has 0 radical (unpaired) electrons. The van der Waals surface area contributed by atoms with Crippen molar-refractivity contribution in [1.29, 1.82) is 0 Å². The molecule has 7 rings (SSSR count). The first-order valence-electron chi connectivity index (χ1n) is 19.2. The number of H-pyrrole nitrogens is 1. The first-order chi connectivity index (χ1) is 25.7. The Bertz CT molecular complexity index is 1910. The van der Waals surface area contributed by atoms with E-state index >= 15 is 0 Å². The quantitative estimate of drug-likeness (QED) is 0.173. The van der Waals surface area contributed by atoms with Gasteiger partial charge in [0.25, 0.3) is 11.5 Å². The number of thiophene rings is 1. The summed E-state index contributed by atoms with van der Waals surface area (Å²) in [4.78, 5) is 85.7. The van der Waals surface area contributed by atoms with Crippen LogP contribution in [-0.2, 0) is 26.2 Å². The van der Waals surface area contributed by atoms with Crippen LogP contribution in [0.5, 0.6) is 0 Å². The van der Waals surface area contributed by atoms with Crippen molar-refractivity contribution in [1.82, 2.24) is 45.9 Å². The Balaban J connectivity index is 0.000000242. The summed E-state index contributed by atoms with van der Waals surface area (Å²) in [6.45, 7) is 8.59. The molecule has 4 fully saturated rings. The number of fused-ring (bicyclic) bond motifs is 1. The van der Waals surface area contributed by atoms with E-state index in [1.165, 1.54) is 16.2 Å². The first-order valence-corrected chi connectivity index (χ1v) is 20.0. The van der Waals surface area contributed by atoms with Crippen LogP contribution < -0.4 is 26.8 Å². The average Bonchev–Trinajstić information content (AvgIpc) is 3.96. The lowest BCUT2D eigenvalue weighted by atomic mass is 9.80. The molecule has 15 nitrogen and oxygen atoms in total. The van der Waals surface area contributed by atoms with Crippen LogP contribution in [0, 0.1) is 24.2 Å². The maximum absolute atomic E-state index is 13.7. The number of hydrogen-bond acceptors (Lipinski definition) is 9. The highest BCUT2D eigenvalue weighted by atomic mass is 32.1. The molecule has 4 aliphatic rings. The molecular weight excluding hydrogens is 711 g/mol. The van der Waals surface area contributed by atoms with Crippen LogP contribution >= 0.6 is 11.3 Å². The number of likely N-dealkylation sites (tertiary alicyclic amines) is 1. The highest BCUT2D eigenvalue weighted by Gasteiger charge is 2.43. The Morgan fingerprint density at radius 3 is 2.35 bits per heavy atom. The van der Waals surface area contributed by atoms with Crippen LogP contribution in [0.1, 0.15) is 90.5 Å². The van der Waals surface area contributed by atoms with E-state index in [2.05, 4.69) is 36.3 Å². The number of carbonyl (C=O) groups is 5. The van der Waals surface area contributed by atoms with Crippen molar-refractivity contribution in [3.63, 3.8) is 0 Å². The van der Waals surface area contributed by atoms with Crippen molar-refractivity contribution in [3.05, 3.63) is 33.6 Å². The van der Waals surface area contributed by atoms with Gasteiger partial charge in [-0.3, -0.25) is 28.7 Å². The Hall–Kier alpha value is -4.60. The predicted molar refractivity (Wildman–Crippen MR) is 204 cm³/mol. The van der Waals surface area contributed by atoms with Gasteiger partial charge in [-0.05, 0) is 86.1 Å². The SMILES string of the molecule is CC(C)(C)[C@H](NC(=O)NCC1CC1)C(=O)N1CCCC1C(=O)N[C@@H](CC1CCC1)C(=O)C(=O)NC1CC1.Cc1cnn(C)c1-c1nc2ccsc2c(=O)[nH]1. The molecular formula is C38H53N9O6S. The number of aromatic amines is 1. The van der Waals surface area contributed by atoms with E-state index in [1.807, 2.05) is 46.2 Å². The number of amides is 5. The van der Waals surface area contributed by atoms with Crippen molar-refractivity contribution < 1.29 is 24.0 Å². The molecule has 4 heterocycles. The Morgan fingerprint density at radius 1 is 1.00 bits per heavy atom. The zero-order valence-electron chi connectivity index (χ0n) is 31.8. The van der Waals surface area contributed by atoms with Crippen molar-refractivity contribution in [2.75, 3.05) is 13.1 Å². The van der Waals surface area contributed by atoms with Gasteiger partial charge in [-0.2, -0.15) is 5.10 Å². The van der Waals surface area contributed by atoms with Gasteiger partial charge in [0.2, 0.25) is 17.6 Å². The molecule has 5 N–H and O–H groups in total. The molecule has 0 aromatic carbocycles. The second-order valence-corrected chi connectivity index (χ2v) is 17.3. The Kier molecular flexibility index (Phi) is 11.9. The van der Waals surface area contributed by atoms with E-state index in [4.69, 9.17) is 0 Å². The number of hydrogen-bond donors (Lipinski definition) is 5. The maximum atomic E-state index is 13.7. The van der Waals surface area contributed by atoms with Crippen molar-refractivity contribution in [2.24, 2.45) is 24.3 Å². The van der Waals surface area contributed by atoms with Gasteiger partial charge in [-0.1, -0.05) is 40.0 Å². The molecule has 3 aromatic heterocycles. The number of ketones is 1. The highest BCUT2D eigenvalue weighted by Crippen LogP contribution is 2.32. The van der Waals surface area contributed by atoms with Gasteiger partial charge in [-0.15, -0.1) is 11.3 Å². The fourth-order valence-corrected chi connectivity index (χ4v) is 7.66. The lowest BCUT2D eigenvalue weighted by Crippen LogP contribution is -2.60. The zero-order valence-corrected chi connectivity index (χ0v) is 32.6.